The molecule has 1 saturated carbocycles. The molecule has 1 aliphatic carbocycles. The predicted octanol–water partition coefficient (Wildman–Crippen LogP) is 1.44. The average molecular weight is 246 g/mol. The second-order valence-corrected chi connectivity index (χ2v) is 5.05. The first-order valence-corrected chi connectivity index (χ1v) is 6.18. The summed E-state index contributed by atoms with van der Waals surface area (Å²) in [5.74, 6) is 0.520. The van der Waals surface area contributed by atoms with Crippen LogP contribution in [0.25, 0.3) is 0 Å². The van der Waals surface area contributed by atoms with E-state index >= 15 is 0 Å². The molecular weight excluding hydrogens is 228 g/mol. The summed E-state index contributed by atoms with van der Waals surface area (Å²) >= 11 is 0. The molecule has 96 valence electrons. The molecule has 0 bridgehead atoms. The van der Waals surface area contributed by atoms with Crippen molar-refractivity contribution in [1.82, 2.24) is 5.32 Å². The van der Waals surface area contributed by atoms with Crippen molar-refractivity contribution in [2.75, 3.05) is 13.2 Å². The van der Waals surface area contributed by atoms with Gasteiger partial charge in [-0.05, 0) is 31.9 Å². The topological polar surface area (TPSA) is 65.3 Å². The minimum atomic E-state index is -0.925. The largest absolute Gasteiger partial charge is 0.489 e. The number of benzene rings is 1. The van der Waals surface area contributed by atoms with Crippen molar-refractivity contribution < 1.29 is 9.84 Å². The van der Waals surface area contributed by atoms with Gasteiger partial charge in [0.2, 0.25) is 0 Å². The van der Waals surface area contributed by atoms with Crippen LogP contribution in [0.15, 0.2) is 24.3 Å². The van der Waals surface area contributed by atoms with Crippen molar-refractivity contribution in [3.63, 3.8) is 0 Å². The Hall–Kier alpha value is -1.57. The smallest absolute Gasteiger partial charge is 0.137 e. The van der Waals surface area contributed by atoms with Gasteiger partial charge in [0, 0.05) is 12.6 Å². The average Bonchev–Trinajstić information content (AvgIpc) is 3.19. The van der Waals surface area contributed by atoms with Gasteiger partial charge in [0.25, 0.3) is 0 Å². The molecule has 0 aliphatic heterocycles. The lowest BCUT2D eigenvalue weighted by Crippen LogP contribution is -2.43. The van der Waals surface area contributed by atoms with Crippen LogP contribution in [0, 0.1) is 11.3 Å². The van der Waals surface area contributed by atoms with E-state index in [4.69, 9.17) is 10.00 Å². The number of aliphatic hydroxyl groups is 1. The second kappa shape index (κ2) is 5.38. The Labute approximate surface area is 107 Å². The van der Waals surface area contributed by atoms with Crippen LogP contribution in [0.3, 0.4) is 0 Å². The fraction of sp³-hybridized carbons (Fsp3) is 0.500. The van der Waals surface area contributed by atoms with Gasteiger partial charge in [0.15, 0.2) is 0 Å². The molecule has 1 unspecified atom stereocenters. The van der Waals surface area contributed by atoms with Crippen molar-refractivity contribution in [1.29, 1.82) is 5.26 Å². The highest BCUT2D eigenvalue weighted by molar-refractivity contribution is 5.42. The van der Waals surface area contributed by atoms with E-state index in [1.807, 2.05) is 6.07 Å². The quantitative estimate of drug-likeness (QED) is 0.797. The maximum atomic E-state index is 10.1. The first kappa shape index (κ1) is 12.9. The zero-order chi connectivity index (χ0) is 13.0. The van der Waals surface area contributed by atoms with Gasteiger partial charge >= 0.3 is 0 Å². The molecule has 2 N–H and O–H groups in total. The molecule has 18 heavy (non-hydrogen) atoms. The van der Waals surface area contributed by atoms with E-state index in [9.17, 15) is 5.11 Å². The Morgan fingerprint density at radius 2 is 2.22 bits per heavy atom. The third kappa shape index (κ3) is 3.73. The molecule has 2 rings (SSSR count). The first-order valence-electron chi connectivity index (χ1n) is 6.18. The lowest BCUT2D eigenvalue weighted by atomic mass is 10.1. The number of hydrogen-bond donors (Lipinski definition) is 2. The number of para-hydroxylation sites is 1. The highest BCUT2D eigenvalue weighted by Gasteiger charge is 2.27. The van der Waals surface area contributed by atoms with Crippen LogP contribution in [-0.4, -0.2) is 29.9 Å². The lowest BCUT2D eigenvalue weighted by Gasteiger charge is -2.24. The molecule has 0 amide bonds. The highest BCUT2D eigenvalue weighted by atomic mass is 16.5. The van der Waals surface area contributed by atoms with E-state index in [-0.39, 0.29) is 6.61 Å². The summed E-state index contributed by atoms with van der Waals surface area (Å²) in [6.45, 7) is 2.41. The van der Waals surface area contributed by atoms with Crippen LogP contribution < -0.4 is 10.1 Å². The third-order valence-corrected chi connectivity index (χ3v) is 2.90. The zero-order valence-corrected chi connectivity index (χ0v) is 10.5. The van der Waals surface area contributed by atoms with Gasteiger partial charge in [-0.3, -0.25) is 0 Å². The maximum Gasteiger partial charge on any atom is 0.137 e. The number of rotatable bonds is 6. The van der Waals surface area contributed by atoms with E-state index in [2.05, 4.69) is 11.4 Å². The molecule has 1 atom stereocenters. The molecule has 4 heteroatoms. The highest BCUT2D eigenvalue weighted by Crippen LogP contribution is 2.21. The lowest BCUT2D eigenvalue weighted by molar-refractivity contribution is 0.0119. The number of nitrogens with one attached hydrogen (secondary N) is 1. The van der Waals surface area contributed by atoms with Gasteiger partial charge in [0.1, 0.15) is 24.0 Å². The van der Waals surface area contributed by atoms with Crippen molar-refractivity contribution >= 4 is 0 Å². The van der Waals surface area contributed by atoms with Crippen molar-refractivity contribution in [3.05, 3.63) is 29.8 Å². The van der Waals surface area contributed by atoms with Gasteiger partial charge in [-0.1, -0.05) is 12.1 Å². The fourth-order valence-corrected chi connectivity index (χ4v) is 1.62. The summed E-state index contributed by atoms with van der Waals surface area (Å²) in [6, 6.07) is 9.67. The van der Waals surface area contributed by atoms with E-state index in [0.29, 0.717) is 23.9 Å². The second-order valence-electron chi connectivity index (χ2n) is 5.05. The van der Waals surface area contributed by atoms with Crippen LogP contribution in [0.2, 0.25) is 0 Å². The standard InChI is InChI=1S/C14H18N2O2/c1-14(17,9-16-12-6-7-12)10-18-13-5-3-2-4-11(13)8-15/h2-5,12,16-17H,6-7,9-10H2,1H3. The molecule has 1 fully saturated rings. The third-order valence-electron chi connectivity index (χ3n) is 2.90. The number of ether oxygens (including phenoxy) is 1. The van der Waals surface area contributed by atoms with Crippen LogP contribution in [0.1, 0.15) is 25.3 Å². The van der Waals surface area contributed by atoms with E-state index in [1.54, 1.807) is 25.1 Å². The van der Waals surface area contributed by atoms with Gasteiger partial charge in [-0.25, -0.2) is 0 Å². The molecule has 1 aromatic rings. The van der Waals surface area contributed by atoms with Gasteiger partial charge in [-0.2, -0.15) is 5.26 Å². The van der Waals surface area contributed by atoms with Crippen LogP contribution in [-0.2, 0) is 0 Å². The Morgan fingerprint density at radius 1 is 1.50 bits per heavy atom. The first-order chi connectivity index (χ1) is 8.61. The van der Waals surface area contributed by atoms with Crippen molar-refractivity contribution in [2.45, 2.75) is 31.4 Å². The SMILES string of the molecule is CC(O)(CNC1CC1)COc1ccccc1C#N. The van der Waals surface area contributed by atoms with Crippen LogP contribution >= 0.6 is 0 Å². The van der Waals surface area contributed by atoms with Crippen molar-refractivity contribution in [3.8, 4) is 11.8 Å². The predicted molar refractivity (Wildman–Crippen MR) is 68.3 cm³/mol. The molecule has 1 aliphatic rings. The molecule has 0 radical (unpaired) electrons. The van der Waals surface area contributed by atoms with E-state index < -0.39 is 5.60 Å². The van der Waals surface area contributed by atoms with Gasteiger partial charge < -0.3 is 15.2 Å². The fourth-order valence-electron chi connectivity index (χ4n) is 1.62. The molecule has 0 spiro atoms. The Morgan fingerprint density at radius 3 is 2.89 bits per heavy atom. The Kier molecular flexibility index (Phi) is 3.85. The molecule has 0 saturated heterocycles. The molecule has 1 aromatic carbocycles. The van der Waals surface area contributed by atoms with E-state index in [0.717, 1.165) is 0 Å². The van der Waals surface area contributed by atoms with Gasteiger partial charge in [-0.15, -0.1) is 0 Å². The normalized spacial score (nSPS) is 17.8. The number of nitrogens with zero attached hydrogens (tertiary/aromatic N) is 1. The summed E-state index contributed by atoms with van der Waals surface area (Å²) in [5, 5.41) is 22.3. The molecule has 4 nitrogen and oxygen atoms in total. The summed E-state index contributed by atoms with van der Waals surface area (Å²) in [6.07, 6.45) is 2.38. The maximum absolute atomic E-state index is 10.1. The summed E-state index contributed by atoms with van der Waals surface area (Å²) in [4.78, 5) is 0. The van der Waals surface area contributed by atoms with E-state index in [1.165, 1.54) is 12.8 Å². The summed E-state index contributed by atoms with van der Waals surface area (Å²) in [5.41, 5.74) is -0.436. The number of nitriles is 1. The minimum Gasteiger partial charge on any atom is -0.489 e. The minimum absolute atomic E-state index is 0.172. The van der Waals surface area contributed by atoms with Crippen LogP contribution in [0.4, 0.5) is 0 Å². The Balaban J connectivity index is 1.87. The van der Waals surface area contributed by atoms with Gasteiger partial charge in [0.05, 0.1) is 5.56 Å². The summed E-state index contributed by atoms with van der Waals surface area (Å²) < 4.78 is 5.53. The van der Waals surface area contributed by atoms with Crippen molar-refractivity contribution in [2.24, 2.45) is 0 Å². The molecular formula is C14H18N2O2. The zero-order valence-electron chi connectivity index (χ0n) is 10.5. The Bertz CT molecular complexity index is 447. The number of hydrogen-bond acceptors (Lipinski definition) is 4. The summed E-state index contributed by atoms with van der Waals surface area (Å²) in [7, 11) is 0. The van der Waals surface area contributed by atoms with Crippen LogP contribution in [0.5, 0.6) is 5.75 Å². The molecule has 0 heterocycles. The molecule has 0 aromatic heterocycles. The monoisotopic (exact) mass is 246 g/mol.